The quantitative estimate of drug-likeness (QED) is 0.760. The van der Waals surface area contributed by atoms with Gasteiger partial charge in [0, 0.05) is 19.6 Å². The van der Waals surface area contributed by atoms with E-state index < -0.39 is 0 Å². The second kappa shape index (κ2) is 8.54. The Hall–Kier alpha value is -0.870. The first-order valence-corrected chi connectivity index (χ1v) is 8.50. The van der Waals surface area contributed by atoms with Crippen molar-refractivity contribution in [1.29, 1.82) is 0 Å². The van der Waals surface area contributed by atoms with Crippen LogP contribution in [0.1, 0.15) is 39.5 Å². The summed E-state index contributed by atoms with van der Waals surface area (Å²) in [7, 11) is 0. The average molecular weight is 293 g/mol. The Balaban J connectivity index is 1.66. The molecule has 2 saturated heterocycles. The predicted molar refractivity (Wildman–Crippen MR) is 87.3 cm³/mol. The number of hydrogen-bond donors (Lipinski definition) is 1. The predicted octanol–water partition coefficient (Wildman–Crippen LogP) is 1.88. The van der Waals surface area contributed by atoms with Crippen LogP contribution < -0.4 is 5.32 Å². The zero-order valence-corrected chi connectivity index (χ0v) is 13.7. The van der Waals surface area contributed by atoms with Crippen molar-refractivity contribution < 1.29 is 4.79 Å². The van der Waals surface area contributed by atoms with Gasteiger partial charge in [-0.25, -0.2) is 0 Å². The first-order valence-electron chi connectivity index (χ1n) is 8.50. The minimum Gasteiger partial charge on any atom is -0.355 e. The van der Waals surface area contributed by atoms with Gasteiger partial charge in [-0.2, -0.15) is 0 Å². The molecule has 0 aliphatic carbocycles. The Kier molecular flexibility index (Phi) is 6.71. The molecule has 1 atom stereocenters. The third kappa shape index (κ3) is 5.79. The lowest BCUT2D eigenvalue weighted by Gasteiger charge is -2.33. The number of carbonyl (C=O) groups is 1. The smallest absolute Gasteiger partial charge is 0.234 e. The van der Waals surface area contributed by atoms with Gasteiger partial charge in [0.25, 0.3) is 0 Å². The van der Waals surface area contributed by atoms with Crippen LogP contribution >= 0.6 is 0 Å². The summed E-state index contributed by atoms with van der Waals surface area (Å²) in [4.78, 5) is 16.8. The molecule has 1 N–H and O–H groups in total. The number of carbonyl (C=O) groups excluding carboxylic acids is 1. The minimum absolute atomic E-state index is 0.207. The molecule has 2 heterocycles. The Morgan fingerprint density at radius 1 is 1.14 bits per heavy atom. The molecule has 0 aromatic rings. The Labute approximate surface area is 129 Å². The zero-order valence-electron chi connectivity index (χ0n) is 13.7. The van der Waals surface area contributed by atoms with Crippen LogP contribution in [0, 0.1) is 5.92 Å². The summed E-state index contributed by atoms with van der Waals surface area (Å²) in [6, 6.07) is 0. The van der Waals surface area contributed by atoms with Crippen LogP contribution in [0.2, 0.25) is 0 Å². The monoisotopic (exact) mass is 293 g/mol. The summed E-state index contributed by atoms with van der Waals surface area (Å²) in [5.74, 6) is 0.824. The number of amides is 1. The van der Waals surface area contributed by atoms with Gasteiger partial charge in [0.15, 0.2) is 0 Å². The van der Waals surface area contributed by atoms with E-state index in [4.69, 9.17) is 0 Å². The van der Waals surface area contributed by atoms with E-state index in [1.807, 2.05) is 0 Å². The maximum Gasteiger partial charge on any atom is 0.234 e. The van der Waals surface area contributed by atoms with Crippen LogP contribution in [0.5, 0.6) is 0 Å². The summed E-state index contributed by atoms with van der Waals surface area (Å²) < 4.78 is 0. The molecule has 4 nitrogen and oxygen atoms in total. The molecule has 2 aliphatic heterocycles. The molecule has 0 aromatic heterocycles. The topological polar surface area (TPSA) is 35.6 Å². The highest BCUT2D eigenvalue weighted by Gasteiger charge is 2.21. The second-order valence-electron chi connectivity index (χ2n) is 6.67. The SMILES string of the molecule is CC=C(C)CN1CCCC(CNC(=O)CN2CCCC2)C1. The molecular formula is C17H31N3O. The van der Waals surface area contributed by atoms with E-state index in [2.05, 4.69) is 35.0 Å². The first-order chi connectivity index (χ1) is 10.2. The molecule has 0 bridgehead atoms. The summed E-state index contributed by atoms with van der Waals surface area (Å²) in [5.41, 5.74) is 1.44. The van der Waals surface area contributed by atoms with Gasteiger partial charge in [-0.3, -0.25) is 14.6 Å². The Bertz CT molecular complexity index is 361. The molecule has 1 unspecified atom stereocenters. The first kappa shape index (κ1) is 16.5. The minimum atomic E-state index is 0.207. The number of rotatable bonds is 6. The van der Waals surface area contributed by atoms with Crippen molar-refractivity contribution in [3.63, 3.8) is 0 Å². The van der Waals surface area contributed by atoms with E-state index in [-0.39, 0.29) is 5.91 Å². The van der Waals surface area contributed by atoms with Crippen molar-refractivity contribution in [1.82, 2.24) is 15.1 Å². The van der Waals surface area contributed by atoms with Crippen LogP contribution in [0.4, 0.5) is 0 Å². The zero-order chi connectivity index (χ0) is 15.1. The largest absolute Gasteiger partial charge is 0.355 e. The molecular weight excluding hydrogens is 262 g/mol. The Morgan fingerprint density at radius 2 is 1.86 bits per heavy atom. The van der Waals surface area contributed by atoms with Gasteiger partial charge in [-0.1, -0.05) is 11.6 Å². The van der Waals surface area contributed by atoms with Crippen molar-refractivity contribution in [2.24, 2.45) is 5.92 Å². The molecule has 2 aliphatic rings. The van der Waals surface area contributed by atoms with Crippen molar-refractivity contribution in [2.45, 2.75) is 39.5 Å². The molecule has 1 amide bonds. The van der Waals surface area contributed by atoms with E-state index in [9.17, 15) is 4.79 Å². The molecule has 0 spiro atoms. The van der Waals surface area contributed by atoms with Crippen LogP contribution in [-0.2, 0) is 4.79 Å². The summed E-state index contributed by atoms with van der Waals surface area (Å²) in [6.45, 7) is 11.3. The van der Waals surface area contributed by atoms with Crippen molar-refractivity contribution >= 4 is 5.91 Å². The molecule has 0 aromatic carbocycles. The van der Waals surface area contributed by atoms with Gasteiger partial charge in [-0.05, 0) is 65.1 Å². The standard InChI is InChI=1S/C17H31N3O/c1-3-15(2)12-20-10-6-7-16(13-20)11-18-17(21)14-19-8-4-5-9-19/h3,16H,4-14H2,1-2H3,(H,18,21). The fourth-order valence-electron chi connectivity index (χ4n) is 3.36. The number of nitrogens with one attached hydrogen (secondary N) is 1. The maximum atomic E-state index is 12.0. The van der Waals surface area contributed by atoms with E-state index in [1.165, 1.54) is 37.8 Å². The molecule has 2 fully saturated rings. The fourth-order valence-corrected chi connectivity index (χ4v) is 3.36. The van der Waals surface area contributed by atoms with Gasteiger partial charge < -0.3 is 5.32 Å². The van der Waals surface area contributed by atoms with E-state index in [1.54, 1.807) is 0 Å². The van der Waals surface area contributed by atoms with Crippen LogP contribution in [0.15, 0.2) is 11.6 Å². The molecule has 0 saturated carbocycles. The number of hydrogen-bond acceptors (Lipinski definition) is 3. The highest BCUT2D eigenvalue weighted by molar-refractivity contribution is 5.78. The number of likely N-dealkylation sites (tertiary alicyclic amines) is 2. The van der Waals surface area contributed by atoms with Crippen molar-refractivity contribution in [3.05, 3.63) is 11.6 Å². The third-order valence-corrected chi connectivity index (χ3v) is 4.72. The van der Waals surface area contributed by atoms with Gasteiger partial charge in [-0.15, -0.1) is 0 Å². The molecule has 21 heavy (non-hydrogen) atoms. The maximum absolute atomic E-state index is 12.0. The Morgan fingerprint density at radius 3 is 2.57 bits per heavy atom. The molecule has 0 radical (unpaired) electrons. The van der Waals surface area contributed by atoms with Gasteiger partial charge in [0.1, 0.15) is 0 Å². The lowest BCUT2D eigenvalue weighted by Crippen LogP contribution is -2.43. The number of nitrogens with zero attached hydrogens (tertiary/aromatic N) is 2. The lowest BCUT2D eigenvalue weighted by molar-refractivity contribution is -0.122. The van der Waals surface area contributed by atoms with E-state index >= 15 is 0 Å². The van der Waals surface area contributed by atoms with Gasteiger partial charge in [0.2, 0.25) is 5.91 Å². The van der Waals surface area contributed by atoms with Crippen molar-refractivity contribution in [2.75, 3.05) is 45.8 Å². The van der Waals surface area contributed by atoms with Crippen LogP contribution in [0.3, 0.4) is 0 Å². The normalized spacial score (nSPS) is 25.2. The highest BCUT2D eigenvalue weighted by Crippen LogP contribution is 2.16. The van der Waals surface area contributed by atoms with Crippen LogP contribution in [-0.4, -0.2) is 61.5 Å². The number of piperidine rings is 1. The second-order valence-corrected chi connectivity index (χ2v) is 6.67. The summed E-state index contributed by atoms with van der Waals surface area (Å²) >= 11 is 0. The fraction of sp³-hybridized carbons (Fsp3) is 0.824. The van der Waals surface area contributed by atoms with Crippen molar-refractivity contribution in [3.8, 4) is 0 Å². The lowest BCUT2D eigenvalue weighted by atomic mass is 9.97. The third-order valence-electron chi connectivity index (χ3n) is 4.72. The van der Waals surface area contributed by atoms with E-state index in [0.29, 0.717) is 12.5 Å². The number of allylic oxidation sites excluding steroid dienone is 1. The molecule has 4 heteroatoms. The van der Waals surface area contributed by atoms with Gasteiger partial charge in [0.05, 0.1) is 6.54 Å². The average Bonchev–Trinajstić information content (AvgIpc) is 2.98. The van der Waals surface area contributed by atoms with E-state index in [0.717, 1.165) is 32.7 Å². The summed E-state index contributed by atoms with van der Waals surface area (Å²) in [5, 5.41) is 3.15. The molecule has 2 rings (SSSR count). The molecule has 120 valence electrons. The summed E-state index contributed by atoms with van der Waals surface area (Å²) in [6.07, 6.45) is 7.19. The van der Waals surface area contributed by atoms with Crippen LogP contribution in [0.25, 0.3) is 0 Å². The highest BCUT2D eigenvalue weighted by atomic mass is 16.2. The van der Waals surface area contributed by atoms with Gasteiger partial charge >= 0.3 is 0 Å².